The summed E-state index contributed by atoms with van der Waals surface area (Å²) < 4.78 is 12.4. The largest absolute Gasteiger partial charge is 0.493 e. The quantitative estimate of drug-likeness (QED) is 0.859. The minimum atomic E-state index is 0.00589. The number of aliphatic hydroxyl groups excluding tert-OH is 1. The summed E-state index contributed by atoms with van der Waals surface area (Å²) in [4.78, 5) is 4.02. The van der Waals surface area contributed by atoms with Crippen LogP contribution < -0.4 is 9.47 Å². The fraction of sp³-hybridized carbons (Fsp3) is 0.357. The van der Waals surface area contributed by atoms with E-state index in [0.29, 0.717) is 0 Å². The fourth-order valence-electron chi connectivity index (χ4n) is 1.97. The number of hydrogen-bond acceptors (Lipinski definition) is 4. The van der Waals surface area contributed by atoms with Crippen molar-refractivity contribution < 1.29 is 14.6 Å². The molecule has 1 aromatic carbocycles. The number of hydrogen-bond donors (Lipinski definition) is 1. The molecule has 1 aromatic heterocycles. The van der Waals surface area contributed by atoms with Crippen molar-refractivity contribution in [1.29, 1.82) is 0 Å². The van der Waals surface area contributed by atoms with Crippen LogP contribution in [0, 0.1) is 0 Å². The normalized spacial score (nSPS) is 10.5. The van der Waals surface area contributed by atoms with Crippen LogP contribution in [-0.4, -0.2) is 28.9 Å². The Bertz CT molecular complexity index is 537. The number of imidazole rings is 1. The lowest BCUT2D eigenvalue weighted by atomic mass is 10.1. The molecular weight excluding hydrogens is 244 g/mol. The summed E-state index contributed by atoms with van der Waals surface area (Å²) in [6.45, 7) is 0.775. The number of aromatic nitrogens is 2. The molecule has 0 unspecified atom stereocenters. The highest BCUT2D eigenvalue weighted by atomic mass is 16.5. The number of ether oxygens (including phenoxy) is 2. The van der Waals surface area contributed by atoms with E-state index >= 15 is 0 Å². The first-order valence-corrected chi connectivity index (χ1v) is 6.09. The first-order valence-electron chi connectivity index (χ1n) is 6.09. The van der Waals surface area contributed by atoms with Crippen LogP contribution in [0.2, 0.25) is 0 Å². The molecule has 0 aliphatic heterocycles. The van der Waals surface area contributed by atoms with Gasteiger partial charge in [0, 0.05) is 6.54 Å². The van der Waals surface area contributed by atoms with Gasteiger partial charge in [-0.3, -0.25) is 0 Å². The average molecular weight is 262 g/mol. The van der Waals surface area contributed by atoms with Crippen LogP contribution in [0.4, 0.5) is 0 Å². The van der Waals surface area contributed by atoms with Gasteiger partial charge >= 0.3 is 0 Å². The molecule has 0 amide bonds. The fourth-order valence-corrected chi connectivity index (χ4v) is 1.97. The van der Waals surface area contributed by atoms with Crippen molar-refractivity contribution in [2.45, 2.75) is 19.6 Å². The molecule has 0 saturated heterocycles. The molecule has 5 nitrogen and oxygen atoms in total. The summed E-state index contributed by atoms with van der Waals surface area (Å²) in [5, 5.41) is 9.16. The Morgan fingerprint density at radius 1 is 1.21 bits per heavy atom. The molecule has 5 heteroatoms. The van der Waals surface area contributed by atoms with Crippen LogP contribution in [0.5, 0.6) is 11.5 Å². The van der Waals surface area contributed by atoms with Crippen molar-refractivity contribution in [1.82, 2.24) is 9.55 Å². The number of aliphatic hydroxyl groups is 1. The van der Waals surface area contributed by atoms with Gasteiger partial charge in [0.05, 0.1) is 39.0 Å². The first-order chi connectivity index (χ1) is 9.28. The van der Waals surface area contributed by atoms with Gasteiger partial charge in [0.15, 0.2) is 11.5 Å². The van der Waals surface area contributed by atoms with Gasteiger partial charge in [-0.15, -0.1) is 0 Å². The first kappa shape index (κ1) is 13.4. The van der Waals surface area contributed by atoms with E-state index in [-0.39, 0.29) is 6.61 Å². The van der Waals surface area contributed by atoms with E-state index in [0.717, 1.165) is 35.7 Å². The molecule has 0 saturated carbocycles. The Balaban J connectivity index is 2.07. The SMILES string of the molecule is COc1ccc(CCn2cncc2CO)cc1OC. The smallest absolute Gasteiger partial charge is 0.160 e. The zero-order chi connectivity index (χ0) is 13.7. The number of nitrogens with zero attached hydrogens (tertiary/aromatic N) is 2. The second kappa shape index (κ2) is 6.24. The third-order valence-corrected chi connectivity index (χ3v) is 3.05. The maximum absolute atomic E-state index is 9.16. The van der Waals surface area contributed by atoms with Crippen LogP contribution in [0.1, 0.15) is 11.3 Å². The molecule has 0 fully saturated rings. The third-order valence-electron chi connectivity index (χ3n) is 3.05. The number of benzene rings is 1. The van der Waals surface area contributed by atoms with Gasteiger partial charge in [-0.2, -0.15) is 0 Å². The molecule has 0 atom stereocenters. The summed E-state index contributed by atoms with van der Waals surface area (Å²) in [6.07, 6.45) is 4.24. The monoisotopic (exact) mass is 262 g/mol. The van der Waals surface area contributed by atoms with Gasteiger partial charge in [0.1, 0.15) is 0 Å². The lowest BCUT2D eigenvalue weighted by molar-refractivity contribution is 0.270. The molecular formula is C14H18N2O3. The van der Waals surface area contributed by atoms with Crippen molar-refractivity contribution in [3.05, 3.63) is 42.0 Å². The Morgan fingerprint density at radius 2 is 2.00 bits per heavy atom. The highest BCUT2D eigenvalue weighted by molar-refractivity contribution is 5.42. The molecule has 0 bridgehead atoms. The Kier molecular flexibility index (Phi) is 4.41. The Morgan fingerprint density at radius 3 is 2.68 bits per heavy atom. The summed E-state index contributed by atoms with van der Waals surface area (Å²) in [6, 6.07) is 5.88. The lowest BCUT2D eigenvalue weighted by Gasteiger charge is -2.10. The van der Waals surface area contributed by atoms with Gasteiger partial charge in [0.2, 0.25) is 0 Å². The Hall–Kier alpha value is -2.01. The minimum absolute atomic E-state index is 0.00589. The lowest BCUT2D eigenvalue weighted by Crippen LogP contribution is -2.04. The molecule has 0 aliphatic carbocycles. The maximum Gasteiger partial charge on any atom is 0.160 e. The van der Waals surface area contributed by atoms with Gasteiger partial charge < -0.3 is 19.1 Å². The van der Waals surface area contributed by atoms with Crippen molar-refractivity contribution in [3.8, 4) is 11.5 Å². The van der Waals surface area contributed by atoms with E-state index in [1.807, 2.05) is 22.8 Å². The van der Waals surface area contributed by atoms with Gasteiger partial charge in [-0.25, -0.2) is 4.98 Å². The van der Waals surface area contributed by atoms with E-state index in [4.69, 9.17) is 14.6 Å². The van der Waals surface area contributed by atoms with Crippen LogP contribution in [-0.2, 0) is 19.6 Å². The van der Waals surface area contributed by atoms with Crippen molar-refractivity contribution >= 4 is 0 Å². The average Bonchev–Trinajstić information content (AvgIpc) is 2.92. The van der Waals surface area contributed by atoms with Gasteiger partial charge in [-0.05, 0) is 24.1 Å². The summed E-state index contributed by atoms with van der Waals surface area (Å²) in [7, 11) is 3.25. The van der Waals surface area contributed by atoms with Crippen LogP contribution in [0.3, 0.4) is 0 Å². The molecule has 19 heavy (non-hydrogen) atoms. The summed E-state index contributed by atoms with van der Waals surface area (Å²) >= 11 is 0. The topological polar surface area (TPSA) is 56.5 Å². The predicted octanol–water partition coefficient (Wildman–Crippen LogP) is 1.64. The van der Waals surface area contributed by atoms with Crippen molar-refractivity contribution in [2.24, 2.45) is 0 Å². The van der Waals surface area contributed by atoms with E-state index in [1.54, 1.807) is 26.7 Å². The standard InChI is InChI=1S/C14H18N2O3/c1-18-13-4-3-11(7-14(13)19-2)5-6-16-10-15-8-12(16)9-17/h3-4,7-8,10,17H,5-6,9H2,1-2H3. The minimum Gasteiger partial charge on any atom is -0.493 e. The van der Waals surface area contributed by atoms with Crippen LogP contribution >= 0.6 is 0 Å². The second-order valence-electron chi connectivity index (χ2n) is 4.18. The predicted molar refractivity (Wildman–Crippen MR) is 71.4 cm³/mol. The van der Waals surface area contributed by atoms with Gasteiger partial charge in [0.25, 0.3) is 0 Å². The van der Waals surface area contributed by atoms with Crippen LogP contribution in [0.25, 0.3) is 0 Å². The highest BCUT2D eigenvalue weighted by Crippen LogP contribution is 2.27. The number of aryl methyl sites for hydroxylation is 2. The molecule has 2 rings (SSSR count). The molecule has 0 radical (unpaired) electrons. The molecule has 0 aliphatic rings. The number of methoxy groups -OCH3 is 2. The third kappa shape index (κ3) is 3.06. The van der Waals surface area contributed by atoms with E-state index in [2.05, 4.69) is 4.98 Å². The zero-order valence-electron chi connectivity index (χ0n) is 11.2. The maximum atomic E-state index is 9.16. The van der Waals surface area contributed by atoms with Gasteiger partial charge in [-0.1, -0.05) is 6.07 Å². The highest BCUT2D eigenvalue weighted by Gasteiger charge is 2.05. The van der Waals surface area contributed by atoms with E-state index < -0.39 is 0 Å². The van der Waals surface area contributed by atoms with E-state index in [1.165, 1.54) is 0 Å². The summed E-state index contributed by atoms with van der Waals surface area (Å²) in [5.74, 6) is 1.46. The van der Waals surface area contributed by atoms with Crippen molar-refractivity contribution in [3.63, 3.8) is 0 Å². The number of rotatable bonds is 6. The van der Waals surface area contributed by atoms with Crippen molar-refractivity contribution in [2.75, 3.05) is 14.2 Å². The Labute approximate surface area is 112 Å². The zero-order valence-corrected chi connectivity index (χ0v) is 11.2. The molecule has 2 aromatic rings. The molecule has 102 valence electrons. The van der Waals surface area contributed by atoms with E-state index in [9.17, 15) is 0 Å². The summed E-state index contributed by atoms with van der Waals surface area (Å²) in [5.41, 5.74) is 1.97. The molecule has 0 spiro atoms. The molecule has 1 heterocycles. The molecule has 1 N–H and O–H groups in total. The second-order valence-corrected chi connectivity index (χ2v) is 4.18. The van der Waals surface area contributed by atoms with Crippen LogP contribution in [0.15, 0.2) is 30.7 Å².